The van der Waals surface area contributed by atoms with Gasteiger partial charge in [0.15, 0.2) is 0 Å². The van der Waals surface area contributed by atoms with Crippen LogP contribution in [0.15, 0.2) is 4.42 Å². The van der Waals surface area contributed by atoms with Gasteiger partial charge >= 0.3 is 6.01 Å². The van der Waals surface area contributed by atoms with E-state index in [9.17, 15) is 4.79 Å². The first-order valence-corrected chi connectivity index (χ1v) is 5.99. The SMILES string of the molecule is COCCNC(=O)C(C)Nc1nnc(C(C)Cl)o1. The van der Waals surface area contributed by atoms with E-state index in [2.05, 4.69) is 20.8 Å². The number of amides is 1. The van der Waals surface area contributed by atoms with Crippen LogP contribution in [0.25, 0.3) is 0 Å². The number of alkyl halides is 1. The van der Waals surface area contributed by atoms with Gasteiger partial charge in [0.05, 0.1) is 6.61 Å². The van der Waals surface area contributed by atoms with Gasteiger partial charge in [-0.15, -0.1) is 16.7 Å². The quantitative estimate of drug-likeness (QED) is 0.569. The zero-order chi connectivity index (χ0) is 13.5. The molecule has 0 saturated carbocycles. The Hall–Kier alpha value is -1.34. The summed E-state index contributed by atoms with van der Waals surface area (Å²) >= 11 is 5.78. The molecule has 2 N–H and O–H groups in total. The summed E-state index contributed by atoms with van der Waals surface area (Å²) in [5, 5.41) is 12.6. The number of aromatic nitrogens is 2. The number of carbonyl (C=O) groups is 1. The number of carbonyl (C=O) groups excluding carboxylic acids is 1. The summed E-state index contributed by atoms with van der Waals surface area (Å²) < 4.78 is 10.1. The van der Waals surface area contributed by atoms with Crippen molar-refractivity contribution in [3.63, 3.8) is 0 Å². The Balaban J connectivity index is 2.42. The van der Waals surface area contributed by atoms with E-state index in [0.717, 1.165) is 0 Å². The van der Waals surface area contributed by atoms with Crippen LogP contribution in [-0.4, -0.2) is 42.4 Å². The fourth-order valence-electron chi connectivity index (χ4n) is 1.13. The van der Waals surface area contributed by atoms with Crippen LogP contribution in [0.5, 0.6) is 0 Å². The first-order valence-electron chi connectivity index (χ1n) is 5.55. The molecule has 1 heterocycles. The van der Waals surface area contributed by atoms with Crippen LogP contribution in [0.1, 0.15) is 25.1 Å². The molecule has 1 amide bonds. The maximum Gasteiger partial charge on any atom is 0.316 e. The minimum Gasteiger partial charge on any atom is -0.406 e. The maximum atomic E-state index is 11.6. The topological polar surface area (TPSA) is 89.3 Å². The summed E-state index contributed by atoms with van der Waals surface area (Å²) in [5.41, 5.74) is 0. The molecule has 0 aliphatic carbocycles. The lowest BCUT2D eigenvalue weighted by atomic mass is 10.3. The Labute approximate surface area is 110 Å². The van der Waals surface area contributed by atoms with E-state index in [1.807, 2.05) is 0 Å². The number of methoxy groups -OCH3 is 1. The van der Waals surface area contributed by atoms with Crippen molar-refractivity contribution in [2.45, 2.75) is 25.3 Å². The third-order valence-electron chi connectivity index (χ3n) is 2.12. The summed E-state index contributed by atoms with van der Waals surface area (Å²) in [6, 6.07) is -0.312. The van der Waals surface area contributed by atoms with Crippen molar-refractivity contribution < 1.29 is 13.9 Å². The van der Waals surface area contributed by atoms with Crippen LogP contribution in [-0.2, 0) is 9.53 Å². The number of nitrogens with zero attached hydrogens (tertiary/aromatic N) is 2. The van der Waals surface area contributed by atoms with Gasteiger partial charge in [0.25, 0.3) is 0 Å². The van der Waals surface area contributed by atoms with E-state index in [1.54, 1.807) is 21.0 Å². The van der Waals surface area contributed by atoms with Gasteiger partial charge in [0.1, 0.15) is 11.4 Å². The maximum absolute atomic E-state index is 11.6. The smallest absolute Gasteiger partial charge is 0.316 e. The van der Waals surface area contributed by atoms with Crippen LogP contribution in [0, 0.1) is 0 Å². The highest BCUT2D eigenvalue weighted by Gasteiger charge is 2.16. The molecule has 0 saturated heterocycles. The lowest BCUT2D eigenvalue weighted by Gasteiger charge is -2.11. The number of hydrogen-bond donors (Lipinski definition) is 2. The molecule has 2 atom stereocenters. The van der Waals surface area contributed by atoms with Crippen molar-refractivity contribution in [2.75, 3.05) is 25.6 Å². The average molecular weight is 277 g/mol. The molecule has 0 aliphatic heterocycles. The van der Waals surface area contributed by atoms with E-state index in [4.69, 9.17) is 20.8 Å². The van der Waals surface area contributed by atoms with Crippen molar-refractivity contribution in [1.29, 1.82) is 0 Å². The largest absolute Gasteiger partial charge is 0.406 e. The van der Waals surface area contributed by atoms with Crippen LogP contribution >= 0.6 is 11.6 Å². The molecule has 0 bridgehead atoms. The average Bonchev–Trinajstić information content (AvgIpc) is 2.77. The molecule has 1 rings (SSSR count). The Kier molecular flexibility index (Phi) is 5.87. The standard InChI is InChI=1S/C10H17ClN4O3/c1-6(11)9-14-15-10(18-9)13-7(2)8(16)12-4-5-17-3/h6-7H,4-5H2,1-3H3,(H,12,16)(H,13,15). The molecule has 1 aromatic heterocycles. The van der Waals surface area contributed by atoms with Gasteiger partial charge in [-0.1, -0.05) is 5.10 Å². The highest BCUT2D eigenvalue weighted by atomic mass is 35.5. The lowest BCUT2D eigenvalue weighted by Crippen LogP contribution is -2.39. The second kappa shape index (κ2) is 7.17. The van der Waals surface area contributed by atoms with Crippen LogP contribution in [0.4, 0.5) is 6.01 Å². The second-order valence-electron chi connectivity index (χ2n) is 3.71. The van der Waals surface area contributed by atoms with Gasteiger partial charge in [-0.3, -0.25) is 4.79 Å². The molecule has 0 aliphatic rings. The minimum atomic E-state index is -0.485. The fourth-order valence-corrected chi connectivity index (χ4v) is 1.22. The summed E-state index contributed by atoms with van der Waals surface area (Å²) in [4.78, 5) is 11.6. The van der Waals surface area contributed by atoms with E-state index >= 15 is 0 Å². The van der Waals surface area contributed by atoms with Gasteiger partial charge < -0.3 is 19.8 Å². The zero-order valence-electron chi connectivity index (χ0n) is 10.6. The van der Waals surface area contributed by atoms with E-state index in [1.165, 1.54) is 0 Å². The lowest BCUT2D eigenvalue weighted by molar-refractivity contribution is -0.121. The van der Waals surface area contributed by atoms with Crippen molar-refractivity contribution in [3.8, 4) is 0 Å². The monoisotopic (exact) mass is 276 g/mol. The summed E-state index contributed by atoms with van der Waals surface area (Å²) in [6.07, 6.45) is 0. The molecule has 1 aromatic rings. The third-order valence-corrected chi connectivity index (χ3v) is 2.31. The number of halogens is 1. The summed E-state index contributed by atoms with van der Waals surface area (Å²) in [7, 11) is 1.57. The Morgan fingerprint density at radius 3 is 2.78 bits per heavy atom. The number of ether oxygens (including phenoxy) is 1. The second-order valence-corrected chi connectivity index (χ2v) is 4.37. The van der Waals surface area contributed by atoms with E-state index in [-0.39, 0.29) is 17.3 Å². The molecule has 0 fully saturated rings. The van der Waals surface area contributed by atoms with Crippen molar-refractivity contribution in [1.82, 2.24) is 15.5 Å². The molecule has 18 heavy (non-hydrogen) atoms. The molecule has 0 spiro atoms. The molecule has 0 radical (unpaired) electrons. The van der Waals surface area contributed by atoms with Crippen LogP contribution in [0.2, 0.25) is 0 Å². The predicted molar refractivity (Wildman–Crippen MR) is 66.5 cm³/mol. The van der Waals surface area contributed by atoms with Gasteiger partial charge in [0, 0.05) is 13.7 Å². The van der Waals surface area contributed by atoms with Crippen LogP contribution in [0.3, 0.4) is 0 Å². The summed E-state index contributed by atoms with van der Waals surface area (Å²) in [5.74, 6) is 0.136. The summed E-state index contributed by atoms with van der Waals surface area (Å²) in [6.45, 7) is 4.33. The number of anilines is 1. The number of hydrogen-bond acceptors (Lipinski definition) is 6. The Morgan fingerprint density at radius 2 is 2.22 bits per heavy atom. The molecule has 102 valence electrons. The van der Waals surface area contributed by atoms with Gasteiger partial charge in [-0.25, -0.2) is 0 Å². The highest BCUT2D eigenvalue weighted by Crippen LogP contribution is 2.19. The van der Waals surface area contributed by atoms with Gasteiger partial charge in [-0.05, 0) is 13.8 Å². The molecule has 2 unspecified atom stereocenters. The number of rotatable bonds is 7. The first-order chi connectivity index (χ1) is 8.54. The predicted octanol–water partition coefficient (Wildman–Crippen LogP) is 0.932. The fraction of sp³-hybridized carbons (Fsp3) is 0.700. The zero-order valence-corrected chi connectivity index (χ0v) is 11.3. The van der Waals surface area contributed by atoms with Crippen molar-refractivity contribution >= 4 is 23.5 Å². The Bertz CT molecular complexity index is 383. The third kappa shape index (κ3) is 4.50. The highest BCUT2D eigenvalue weighted by molar-refractivity contribution is 6.20. The normalized spacial score (nSPS) is 14.0. The van der Waals surface area contributed by atoms with Crippen LogP contribution < -0.4 is 10.6 Å². The number of nitrogens with one attached hydrogen (secondary N) is 2. The molecule has 0 aromatic carbocycles. The molecule has 8 heteroatoms. The molecular formula is C10H17ClN4O3. The first kappa shape index (κ1) is 14.7. The molecule has 7 nitrogen and oxygen atoms in total. The molecular weight excluding hydrogens is 260 g/mol. The minimum absolute atomic E-state index is 0.173. The van der Waals surface area contributed by atoms with E-state index in [0.29, 0.717) is 19.0 Å². The Morgan fingerprint density at radius 1 is 1.50 bits per heavy atom. The van der Waals surface area contributed by atoms with E-state index < -0.39 is 6.04 Å². The van der Waals surface area contributed by atoms with Crippen molar-refractivity contribution in [3.05, 3.63) is 5.89 Å². The van der Waals surface area contributed by atoms with Gasteiger partial charge in [-0.2, -0.15) is 0 Å². The van der Waals surface area contributed by atoms with Gasteiger partial charge in [0.2, 0.25) is 11.8 Å². The van der Waals surface area contributed by atoms with Crippen molar-refractivity contribution in [2.24, 2.45) is 0 Å².